The second-order valence-corrected chi connectivity index (χ2v) is 5.37. The molecule has 114 valence electrons. The molecule has 0 bridgehead atoms. The first-order chi connectivity index (χ1) is 10.6. The standard InChI is InChI=1S/C17H15ClO4/c1-11(12-6-2-3-7-13(12)18)21-17(19)16-10-20-14-8-4-5-9-15(14)22-16/h2-9,11,16H,10H2,1H3/t11-,16-/m1/s1. The third-order valence-electron chi connectivity index (χ3n) is 3.41. The van der Waals surface area contributed by atoms with Crippen LogP contribution in [0.1, 0.15) is 18.6 Å². The fourth-order valence-corrected chi connectivity index (χ4v) is 2.54. The van der Waals surface area contributed by atoms with Gasteiger partial charge >= 0.3 is 5.97 Å². The largest absolute Gasteiger partial charge is 0.485 e. The Labute approximate surface area is 133 Å². The predicted octanol–water partition coefficient (Wildman–Crippen LogP) is 3.78. The Balaban J connectivity index is 1.67. The van der Waals surface area contributed by atoms with Crippen molar-refractivity contribution in [3.8, 4) is 11.5 Å². The summed E-state index contributed by atoms with van der Waals surface area (Å²) in [5.41, 5.74) is 0.759. The van der Waals surface area contributed by atoms with Gasteiger partial charge in [-0.3, -0.25) is 0 Å². The quantitative estimate of drug-likeness (QED) is 0.808. The summed E-state index contributed by atoms with van der Waals surface area (Å²) in [5.74, 6) is 0.703. The van der Waals surface area contributed by atoms with Crippen LogP contribution in [0.15, 0.2) is 48.5 Å². The van der Waals surface area contributed by atoms with Gasteiger partial charge in [-0.15, -0.1) is 0 Å². The van der Waals surface area contributed by atoms with Gasteiger partial charge < -0.3 is 14.2 Å². The molecule has 0 aliphatic carbocycles. The summed E-state index contributed by atoms with van der Waals surface area (Å²) in [4.78, 5) is 12.2. The Morgan fingerprint density at radius 3 is 2.64 bits per heavy atom. The van der Waals surface area contributed by atoms with E-state index in [1.165, 1.54) is 0 Å². The van der Waals surface area contributed by atoms with Crippen molar-refractivity contribution >= 4 is 17.6 Å². The van der Waals surface area contributed by atoms with Gasteiger partial charge in [-0.1, -0.05) is 41.9 Å². The van der Waals surface area contributed by atoms with Crippen LogP contribution >= 0.6 is 11.6 Å². The number of rotatable bonds is 3. The smallest absolute Gasteiger partial charge is 0.351 e. The Kier molecular flexibility index (Phi) is 4.20. The molecule has 5 heteroatoms. The molecular weight excluding hydrogens is 304 g/mol. The van der Waals surface area contributed by atoms with Crippen LogP contribution in [0.2, 0.25) is 5.02 Å². The van der Waals surface area contributed by atoms with E-state index in [0.717, 1.165) is 5.56 Å². The van der Waals surface area contributed by atoms with Crippen LogP contribution in [0.3, 0.4) is 0 Å². The van der Waals surface area contributed by atoms with Crippen LogP contribution < -0.4 is 9.47 Å². The molecule has 3 rings (SSSR count). The minimum Gasteiger partial charge on any atom is -0.485 e. The van der Waals surface area contributed by atoms with E-state index in [9.17, 15) is 4.79 Å². The number of carbonyl (C=O) groups excluding carboxylic acids is 1. The normalized spacial score (nSPS) is 17.6. The van der Waals surface area contributed by atoms with E-state index < -0.39 is 18.2 Å². The van der Waals surface area contributed by atoms with Crippen molar-refractivity contribution < 1.29 is 19.0 Å². The number of ether oxygens (including phenoxy) is 3. The number of esters is 1. The molecule has 1 heterocycles. The molecule has 2 atom stereocenters. The number of benzene rings is 2. The van der Waals surface area contributed by atoms with Gasteiger partial charge in [-0.25, -0.2) is 4.79 Å². The second-order valence-electron chi connectivity index (χ2n) is 4.96. The molecule has 2 aromatic carbocycles. The number of hydrogen-bond acceptors (Lipinski definition) is 4. The lowest BCUT2D eigenvalue weighted by molar-refractivity contribution is -0.159. The lowest BCUT2D eigenvalue weighted by atomic mass is 10.1. The van der Waals surface area contributed by atoms with Gasteiger partial charge in [0.1, 0.15) is 12.7 Å². The van der Waals surface area contributed by atoms with E-state index in [-0.39, 0.29) is 6.61 Å². The summed E-state index contributed by atoms with van der Waals surface area (Å²) in [6, 6.07) is 14.5. The van der Waals surface area contributed by atoms with Crippen molar-refractivity contribution in [2.75, 3.05) is 6.61 Å². The summed E-state index contributed by atoms with van der Waals surface area (Å²) in [7, 11) is 0. The van der Waals surface area contributed by atoms with E-state index in [2.05, 4.69) is 0 Å². The monoisotopic (exact) mass is 318 g/mol. The predicted molar refractivity (Wildman–Crippen MR) is 82.3 cm³/mol. The highest BCUT2D eigenvalue weighted by Gasteiger charge is 2.30. The van der Waals surface area contributed by atoms with E-state index in [1.807, 2.05) is 30.3 Å². The maximum atomic E-state index is 12.2. The average Bonchev–Trinajstić information content (AvgIpc) is 2.54. The maximum Gasteiger partial charge on any atom is 0.351 e. The number of hydrogen-bond donors (Lipinski definition) is 0. The molecule has 4 nitrogen and oxygen atoms in total. The first kappa shape index (κ1) is 14.7. The van der Waals surface area contributed by atoms with Gasteiger partial charge in [0.05, 0.1) is 0 Å². The molecule has 0 saturated heterocycles. The molecule has 0 radical (unpaired) electrons. The van der Waals surface area contributed by atoms with Gasteiger partial charge in [-0.05, 0) is 25.1 Å². The molecule has 2 aromatic rings. The van der Waals surface area contributed by atoms with Crippen molar-refractivity contribution in [1.29, 1.82) is 0 Å². The summed E-state index contributed by atoms with van der Waals surface area (Å²) < 4.78 is 16.6. The van der Waals surface area contributed by atoms with E-state index in [4.69, 9.17) is 25.8 Å². The second kappa shape index (κ2) is 6.28. The molecule has 0 aromatic heterocycles. The molecule has 22 heavy (non-hydrogen) atoms. The zero-order valence-corrected chi connectivity index (χ0v) is 12.7. The van der Waals surface area contributed by atoms with Crippen molar-refractivity contribution in [1.82, 2.24) is 0 Å². The van der Waals surface area contributed by atoms with E-state index in [0.29, 0.717) is 16.5 Å². The Morgan fingerprint density at radius 1 is 1.18 bits per heavy atom. The zero-order chi connectivity index (χ0) is 15.5. The number of halogens is 1. The van der Waals surface area contributed by atoms with Crippen molar-refractivity contribution in [2.24, 2.45) is 0 Å². The first-order valence-corrected chi connectivity index (χ1v) is 7.36. The number of para-hydroxylation sites is 2. The van der Waals surface area contributed by atoms with Gasteiger partial charge in [-0.2, -0.15) is 0 Å². The van der Waals surface area contributed by atoms with Crippen LogP contribution in [-0.2, 0) is 9.53 Å². The SMILES string of the molecule is C[C@@H](OC(=O)[C@H]1COc2ccccc2O1)c1ccccc1Cl. The molecular formula is C17H15ClO4. The molecule has 1 aliphatic rings. The summed E-state index contributed by atoms with van der Waals surface area (Å²) in [5, 5.41) is 0.564. The maximum absolute atomic E-state index is 12.2. The molecule has 0 unspecified atom stereocenters. The third-order valence-corrected chi connectivity index (χ3v) is 3.75. The molecule has 0 saturated carbocycles. The summed E-state index contributed by atoms with van der Waals surface area (Å²) >= 11 is 6.11. The lowest BCUT2D eigenvalue weighted by Crippen LogP contribution is -2.38. The highest BCUT2D eigenvalue weighted by atomic mass is 35.5. The van der Waals surface area contributed by atoms with Crippen LogP contribution in [-0.4, -0.2) is 18.7 Å². The highest BCUT2D eigenvalue weighted by Crippen LogP contribution is 2.32. The van der Waals surface area contributed by atoms with Crippen molar-refractivity contribution in [3.63, 3.8) is 0 Å². The lowest BCUT2D eigenvalue weighted by Gasteiger charge is -2.26. The van der Waals surface area contributed by atoms with Crippen LogP contribution in [0.5, 0.6) is 11.5 Å². The molecule has 0 N–H and O–H groups in total. The minimum absolute atomic E-state index is 0.130. The fourth-order valence-electron chi connectivity index (χ4n) is 2.25. The van der Waals surface area contributed by atoms with Gasteiger partial charge in [0.2, 0.25) is 6.10 Å². The Morgan fingerprint density at radius 2 is 1.86 bits per heavy atom. The first-order valence-electron chi connectivity index (χ1n) is 6.98. The minimum atomic E-state index is -0.778. The van der Waals surface area contributed by atoms with Gasteiger partial charge in [0.15, 0.2) is 11.5 Å². The van der Waals surface area contributed by atoms with E-state index in [1.54, 1.807) is 25.1 Å². The molecule has 0 spiro atoms. The van der Waals surface area contributed by atoms with Gasteiger partial charge in [0.25, 0.3) is 0 Å². The highest BCUT2D eigenvalue weighted by molar-refractivity contribution is 6.31. The average molecular weight is 319 g/mol. The number of fused-ring (bicyclic) bond motifs is 1. The Hall–Kier alpha value is -2.20. The van der Waals surface area contributed by atoms with E-state index >= 15 is 0 Å². The third kappa shape index (κ3) is 3.02. The molecule has 1 aliphatic heterocycles. The van der Waals surface area contributed by atoms with Crippen LogP contribution in [0.4, 0.5) is 0 Å². The van der Waals surface area contributed by atoms with Crippen LogP contribution in [0, 0.1) is 0 Å². The van der Waals surface area contributed by atoms with Crippen molar-refractivity contribution in [2.45, 2.75) is 19.1 Å². The summed E-state index contributed by atoms with van der Waals surface area (Å²) in [6.07, 6.45) is -1.23. The number of carbonyl (C=O) groups is 1. The molecule has 0 fully saturated rings. The van der Waals surface area contributed by atoms with Crippen molar-refractivity contribution in [3.05, 3.63) is 59.1 Å². The fraction of sp³-hybridized carbons (Fsp3) is 0.235. The van der Waals surface area contributed by atoms with Crippen LogP contribution in [0.25, 0.3) is 0 Å². The topological polar surface area (TPSA) is 44.8 Å². The van der Waals surface area contributed by atoms with Gasteiger partial charge in [0, 0.05) is 10.6 Å². The summed E-state index contributed by atoms with van der Waals surface area (Å²) in [6.45, 7) is 1.90. The zero-order valence-electron chi connectivity index (χ0n) is 12.0. The molecule has 0 amide bonds. The Bertz CT molecular complexity index is 686.